The molecule has 0 aliphatic rings. The number of hydrogen-bond donors (Lipinski definition) is 0. The smallest absolute Gasteiger partial charge is 0.337 e. The van der Waals surface area contributed by atoms with Gasteiger partial charge < -0.3 is 14.2 Å². The second-order valence-corrected chi connectivity index (χ2v) is 4.23. The Bertz CT molecular complexity index is 519. The van der Waals surface area contributed by atoms with Crippen molar-refractivity contribution in [3.05, 3.63) is 41.0 Å². The number of ether oxygens (including phenoxy) is 3. The monoisotopic (exact) mass is 292 g/mol. The molecule has 1 aromatic rings. The van der Waals surface area contributed by atoms with Crippen LogP contribution in [0.5, 0.6) is 0 Å². The molecule has 0 spiro atoms. The molecule has 0 fully saturated rings. The molecule has 0 saturated heterocycles. The topological polar surface area (TPSA) is 61.8 Å². The number of methoxy groups -OCH3 is 2. The van der Waals surface area contributed by atoms with Gasteiger partial charge in [-0.2, -0.15) is 0 Å². The highest BCUT2D eigenvalue weighted by atomic mass is 16.5. The molecular formula is C16H20O5. The van der Waals surface area contributed by atoms with Gasteiger partial charge in [-0.15, -0.1) is 0 Å². The quantitative estimate of drug-likeness (QED) is 0.569. The van der Waals surface area contributed by atoms with E-state index in [0.717, 1.165) is 11.1 Å². The molecule has 0 N–H and O–H groups in total. The first kappa shape index (κ1) is 16.9. The van der Waals surface area contributed by atoms with Crippen LogP contribution < -0.4 is 0 Å². The summed E-state index contributed by atoms with van der Waals surface area (Å²) in [5.41, 5.74) is 2.18. The van der Waals surface area contributed by atoms with Crippen LogP contribution in [0.3, 0.4) is 0 Å². The highest BCUT2D eigenvalue weighted by Gasteiger charge is 2.09. The standard InChI is InChI=1S/C16H20O5/c1-4-21-15(17)8-7-13-11-14(16(18)20-3)6-5-12(13)9-10-19-2/h5-8,11H,4,9-10H2,1-3H3/b8-7+. The second kappa shape index (κ2) is 8.92. The zero-order valence-corrected chi connectivity index (χ0v) is 12.5. The summed E-state index contributed by atoms with van der Waals surface area (Å²) in [5.74, 6) is -0.835. The van der Waals surface area contributed by atoms with Gasteiger partial charge in [0.05, 0.1) is 25.9 Å². The maximum Gasteiger partial charge on any atom is 0.337 e. The summed E-state index contributed by atoms with van der Waals surface area (Å²) in [6.07, 6.45) is 3.66. The van der Waals surface area contributed by atoms with E-state index in [4.69, 9.17) is 14.2 Å². The zero-order valence-electron chi connectivity index (χ0n) is 12.5. The minimum absolute atomic E-state index is 0.321. The molecular weight excluding hydrogens is 272 g/mol. The predicted molar refractivity (Wildman–Crippen MR) is 79.0 cm³/mol. The molecule has 0 aliphatic heterocycles. The van der Waals surface area contributed by atoms with Crippen LogP contribution in [-0.2, 0) is 25.4 Å². The van der Waals surface area contributed by atoms with Gasteiger partial charge in [0.25, 0.3) is 0 Å². The van der Waals surface area contributed by atoms with Crippen molar-refractivity contribution in [3.63, 3.8) is 0 Å². The summed E-state index contributed by atoms with van der Waals surface area (Å²) in [5, 5.41) is 0. The van der Waals surface area contributed by atoms with Crippen molar-refractivity contribution < 1.29 is 23.8 Å². The predicted octanol–water partition coefficient (Wildman–Crippen LogP) is 2.24. The Morgan fingerprint density at radius 1 is 1.24 bits per heavy atom. The highest BCUT2D eigenvalue weighted by molar-refractivity contribution is 5.91. The molecule has 0 saturated carbocycles. The van der Waals surface area contributed by atoms with Gasteiger partial charge in [0.2, 0.25) is 0 Å². The molecule has 5 heteroatoms. The molecule has 114 valence electrons. The van der Waals surface area contributed by atoms with Crippen LogP contribution in [0, 0.1) is 0 Å². The first-order chi connectivity index (χ1) is 10.1. The third kappa shape index (κ3) is 5.39. The molecule has 1 rings (SSSR count). The molecule has 0 aromatic heterocycles. The summed E-state index contributed by atoms with van der Waals surface area (Å²) < 4.78 is 14.6. The maximum absolute atomic E-state index is 11.6. The van der Waals surface area contributed by atoms with E-state index in [0.29, 0.717) is 25.2 Å². The van der Waals surface area contributed by atoms with E-state index in [2.05, 4.69) is 0 Å². The fourth-order valence-electron chi connectivity index (χ4n) is 1.78. The van der Waals surface area contributed by atoms with Gasteiger partial charge in [0.15, 0.2) is 0 Å². The maximum atomic E-state index is 11.6. The fourth-order valence-corrected chi connectivity index (χ4v) is 1.78. The Balaban J connectivity index is 3.03. The molecule has 0 aliphatic carbocycles. The minimum atomic E-state index is -0.418. The average Bonchev–Trinajstić information content (AvgIpc) is 2.50. The fraction of sp³-hybridized carbons (Fsp3) is 0.375. The molecule has 0 unspecified atom stereocenters. The van der Waals surface area contributed by atoms with E-state index in [1.807, 2.05) is 6.07 Å². The molecule has 0 radical (unpaired) electrons. The number of esters is 2. The van der Waals surface area contributed by atoms with Gasteiger partial charge in [0.1, 0.15) is 0 Å². The molecule has 5 nitrogen and oxygen atoms in total. The molecule has 0 atom stereocenters. The van der Waals surface area contributed by atoms with E-state index in [9.17, 15) is 9.59 Å². The first-order valence-corrected chi connectivity index (χ1v) is 6.67. The van der Waals surface area contributed by atoms with Crippen molar-refractivity contribution in [2.45, 2.75) is 13.3 Å². The third-order valence-corrected chi connectivity index (χ3v) is 2.83. The van der Waals surface area contributed by atoms with Crippen LogP contribution in [0.1, 0.15) is 28.4 Å². The van der Waals surface area contributed by atoms with Gasteiger partial charge in [-0.05, 0) is 42.7 Å². The minimum Gasteiger partial charge on any atom is -0.465 e. The largest absolute Gasteiger partial charge is 0.465 e. The normalized spacial score (nSPS) is 10.6. The van der Waals surface area contributed by atoms with Crippen LogP contribution in [0.2, 0.25) is 0 Å². The number of carbonyl (C=O) groups is 2. The Morgan fingerprint density at radius 2 is 2.00 bits per heavy atom. The van der Waals surface area contributed by atoms with Gasteiger partial charge in [0, 0.05) is 13.2 Å². The molecule has 21 heavy (non-hydrogen) atoms. The molecule has 0 bridgehead atoms. The number of carbonyl (C=O) groups excluding carboxylic acids is 2. The van der Waals surface area contributed by atoms with Crippen LogP contribution in [-0.4, -0.2) is 39.4 Å². The van der Waals surface area contributed by atoms with Gasteiger partial charge in [-0.1, -0.05) is 6.07 Å². The van der Waals surface area contributed by atoms with Crippen molar-refractivity contribution in [2.24, 2.45) is 0 Å². The summed E-state index contributed by atoms with van der Waals surface area (Å²) in [4.78, 5) is 23.0. The van der Waals surface area contributed by atoms with Crippen LogP contribution in [0.4, 0.5) is 0 Å². The van der Waals surface area contributed by atoms with Crippen LogP contribution in [0.15, 0.2) is 24.3 Å². The average molecular weight is 292 g/mol. The van der Waals surface area contributed by atoms with Crippen molar-refractivity contribution >= 4 is 18.0 Å². The van der Waals surface area contributed by atoms with E-state index < -0.39 is 11.9 Å². The lowest BCUT2D eigenvalue weighted by atomic mass is 10.0. The first-order valence-electron chi connectivity index (χ1n) is 6.67. The van der Waals surface area contributed by atoms with E-state index in [1.165, 1.54) is 13.2 Å². The lowest BCUT2D eigenvalue weighted by molar-refractivity contribution is -0.137. The number of hydrogen-bond acceptors (Lipinski definition) is 5. The summed E-state index contributed by atoms with van der Waals surface area (Å²) in [6, 6.07) is 5.21. The lowest BCUT2D eigenvalue weighted by Gasteiger charge is -2.08. The zero-order chi connectivity index (χ0) is 15.7. The Morgan fingerprint density at radius 3 is 2.62 bits per heavy atom. The van der Waals surface area contributed by atoms with Crippen molar-refractivity contribution in [3.8, 4) is 0 Å². The number of rotatable bonds is 7. The molecule has 1 aromatic carbocycles. The summed E-state index contributed by atoms with van der Waals surface area (Å²) in [6.45, 7) is 2.62. The second-order valence-electron chi connectivity index (χ2n) is 4.23. The lowest BCUT2D eigenvalue weighted by Crippen LogP contribution is -2.04. The van der Waals surface area contributed by atoms with Crippen molar-refractivity contribution in [2.75, 3.05) is 27.4 Å². The van der Waals surface area contributed by atoms with E-state index >= 15 is 0 Å². The summed E-state index contributed by atoms with van der Waals surface area (Å²) >= 11 is 0. The van der Waals surface area contributed by atoms with Crippen LogP contribution in [0.25, 0.3) is 6.08 Å². The highest BCUT2D eigenvalue weighted by Crippen LogP contribution is 2.16. The Labute approximate surface area is 124 Å². The Hall–Kier alpha value is -2.14. The van der Waals surface area contributed by atoms with E-state index in [1.54, 1.807) is 32.2 Å². The SMILES string of the molecule is CCOC(=O)/C=C/c1cc(C(=O)OC)ccc1CCOC. The van der Waals surface area contributed by atoms with E-state index in [-0.39, 0.29) is 0 Å². The van der Waals surface area contributed by atoms with Crippen LogP contribution >= 0.6 is 0 Å². The molecule has 0 heterocycles. The van der Waals surface area contributed by atoms with Gasteiger partial charge in [-0.3, -0.25) is 0 Å². The number of benzene rings is 1. The third-order valence-electron chi connectivity index (χ3n) is 2.83. The van der Waals surface area contributed by atoms with Gasteiger partial charge in [-0.25, -0.2) is 9.59 Å². The Kier molecular flexibility index (Phi) is 7.18. The van der Waals surface area contributed by atoms with Crippen molar-refractivity contribution in [1.29, 1.82) is 0 Å². The molecule has 0 amide bonds. The summed E-state index contributed by atoms with van der Waals surface area (Å²) in [7, 11) is 2.95. The van der Waals surface area contributed by atoms with Gasteiger partial charge >= 0.3 is 11.9 Å². The van der Waals surface area contributed by atoms with Crippen molar-refractivity contribution in [1.82, 2.24) is 0 Å².